The van der Waals surface area contributed by atoms with Crippen molar-refractivity contribution in [2.45, 2.75) is 25.7 Å². The molecule has 96 valence electrons. The number of thiocarbonyl (C=S) groups is 1. The Balaban J connectivity index is 1.74. The first kappa shape index (κ1) is 11.9. The quantitative estimate of drug-likeness (QED) is 0.803. The predicted octanol–water partition coefficient (Wildman–Crippen LogP) is 3.06. The van der Waals surface area contributed by atoms with E-state index in [0.29, 0.717) is 11.0 Å². The number of halogens is 1. The summed E-state index contributed by atoms with van der Waals surface area (Å²) in [4.78, 5) is 0.244. The van der Waals surface area contributed by atoms with E-state index in [2.05, 4.69) is 5.32 Å². The lowest BCUT2D eigenvalue weighted by atomic mass is 10.0. The molecule has 0 radical (unpaired) electrons. The molecule has 0 aliphatic heterocycles. The van der Waals surface area contributed by atoms with Gasteiger partial charge >= 0.3 is 0 Å². The molecule has 0 bridgehead atoms. The van der Waals surface area contributed by atoms with Gasteiger partial charge in [0.2, 0.25) is 0 Å². The van der Waals surface area contributed by atoms with Crippen LogP contribution < -0.4 is 11.1 Å². The van der Waals surface area contributed by atoms with Crippen LogP contribution in [0.1, 0.15) is 31.2 Å². The smallest absolute Gasteiger partial charge is 0.124 e. The monoisotopic (exact) mass is 264 g/mol. The molecule has 2 fully saturated rings. The van der Waals surface area contributed by atoms with Crippen molar-refractivity contribution in [3.63, 3.8) is 0 Å². The Bertz CT molecular complexity index is 493. The maximum absolute atomic E-state index is 13.2. The molecule has 0 spiro atoms. The van der Waals surface area contributed by atoms with Gasteiger partial charge in [-0.25, -0.2) is 4.39 Å². The fourth-order valence-corrected chi connectivity index (χ4v) is 2.90. The zero-order valence-corrected chi connectivity index (χ0v) is 11.0. The summed E-state index contributed by atoms with van der Waals surface area (Å²) in [6.07, 6.45) is 5.36. The van der Waals surface area contributed by atoms with Crippen LogP contribution in [0.15, 0.2) is 18.2 Å². The van der Waals surface area contributed by atoms with E-state index in [0.717, 1.165) is 18.2 Å². The minimum absolute atomic E-state index is 0.244. The van der Waals surface area contributed by atoms with E-state index in [9.17, 15) is 4.39 Å². The van der Waals surface area contributed by atoms with Gasteiger partial charge in [0.25, 0.3) is 0 Å². The third kappa shape index (κ3) is 2.21. The summed E-state index contributed by atoms with van der Waals surface area (Å²) in [5.74, 6) is 0.602. The van der Waals surface area contributed by atoms with E-state index in [4.69, 9.17) is 18.0 Å². The lowest BCUT2D eigenvalue weighted by molar-refractivity contribution is 0.467. The Hall–Kier alpha value is -1.16. The molecule has 0 heterocycles. The molecule has 0 atom stereocenters. The van der Waals surface area contributed by atoms with E-state index in [1.165, 1.54) is 37.8 Å². The second-order valence-corrected chi connectivity index (χ2v) is 5.98. The maximum Gasteiger partial charge on any atom is 0.124 e. The lowest BCUT2D eigenvalue weighted by Crippen LogP contribution is -2.20. The van der Waals surface area contributed by atoms with Gasteiger partial charge in [-0.05, 0) is 55.2 Å². The van der Waals surface area contributed by atoms with Crippen LogP contribution in [-0.2, 0) is 0 Å². The van der Waals surface area contributed by atoms with Crippen molar-refractivity contribution < 1.29 is 4.39 Å². The highest BCUT2D eigenvalue weighted by Crippen LogP contribution is 2.61. The van der Waals surface area contributed by atoms with Crippen molar-refractivity contribution in [3.8, 4) is 0 Å². The van der Waals surface area contributed by atoms with Crippen LogP contribution in [0.2, 0.25) is 0 Å². The van der Waals surface area contributed by atoms with Crippen molar-refractivity contribution >= 4 is 22.9 Å². The lowest BCUT2D eigenvalue weighted by Gasteiger charge is -2.18. The molecule has 0 saturated heterocycles. The average molecular weight is 264 g/mol. The molecule has 0 aromatic heterocycles. The van der Waals surface area contributed by atoms with Crippen molar-refractivity contribution in [1.82, 2.24) is 0 Å². The third-order valence-corrected chi connectivity index (χ3v) is 4.43. The molecule has 18 heavy (non-hydrogen) atoms. The molecule has 3 rings (SSSR count). The number of rotatable bonds is 5. The summed E-state index contributed by atoms with van der Waals surface area (Å²) in [6.45, 7) is 0.957. The molecule has 2 aliphatic rings. The number of nitrogens with two attached hydrogens (primary N) is 1. The molecule has 0 amide bonds. The van der Waals surface area contributed by atoms with Crippen molar-refractivity contribution in [2.24, 2.45) is 17.1 Å². The van der Waals surface area contributed by atoms with Crippen LogP contribution in [0.5, 0.6) is 0 Å². The van der Waals surface area contributed by atoms with Crippen LogP contribution in [0.4, 0.5) is 10.1 Å². The van der Waals surface area contributed by atoms with Crippen molar-refractivity contribution in [2.75, 3.05) is 11.9 Å². The average Bonchev–Trinajstić information content (AvgIpc) is 3.19. The Morgan fingerprint density at radius 1 is 1.44 bits per heavy atom. The first-order valence-corrected chi connectivity index (χ1v) is 6.85. The molecule has 2 saturated carbocycles. The van der Waals surface area contributed by atoms with Crippen molar-refractivity contribution in [3.05, 3.63) is 29.6 Å². The molecule has 3 N–H and O–H groups in total. The third-order valence-electron chi connectivity index (χ3n) is 4.21. The number of anilines is 1. The standard InChI is InChI=1S/C14H17FN2S/c15-10-3-4-12(11(7-10)13(16)18)17-8-14(5-6-14)9-1-2-9/h3-4,7,9,17H,1-2,5-6,8H2,(H2,16,18). The Morgan fingerprint density at radius 3 is 2.72 bits per heavy atom. The minimum atomic E-state index is -0.299. The highest BCUT2D eigenvalue weighted by atomic mass is 32.1. The van der Waals surface area contributed by atoms with Gasteiger partial charge in [-0.1, -0.05) is 12.2 Å². The normalized spacial score (nSPS) is 20.5. The molecule has 1 aromatic carbocycles. The minimum Gasteiger partial charge on any atom is -0.389 e. The highest BCUT2D eigenvalue weighted by molar-refractivity contribution is 7.80. The molecular formula is C14H17FN2S. The topological polar surface area (TPSA) is 38.0 Å². The van der Waals surface area contributed by atoms with Crippen LogP contribution in [0, 0.1) is 17.2 Å². The second-order valence-electron chi connectivity index (χ2n) is 5.54. The first-order chi connectivity index (χ1) is 8.61. The second kappa shape index (κ2) is 4.19. The van der Waals surface area contributed by atoms with Crippen LogP contribution >= 0.6 is 12.2 Å². The Kier molecular flexibility index (Phi) is 2.77. The number of hydrogen-bond acceptors (Lipinski definition) is 2. The number of hydrogen-bond donors (Lipinski definition) is 2. The van der Waals surface area contributed by atoms with Gasteiger partial charge in [-0.2, -0.15) is 0 Å². The highest BCUT2D eigenvalue weighted by Gasteiger charge is 2.53. The summed E-state index contributed by atoms with van der Waals surface area (Å²) in [7, 11) is 0. The van der Waals surface area contributed by atoms with E-state index in [1.807, 2.05) is 0 Å². The molecule has 4 heteroatoms. The summed E-state index contributed by atoms with van der Waals surface area (Å²) in [6, 6.07) is 4.58. The fourth-order valence-electron chi connectivity index (χ4n) is 2.73. The SMILES string of the molecule is NC(=S)c1cc(F)ccc1NCC1(C2CC2)CC1. The van der Waals surface area contributed by atoms with Gasteiger partial charge in [-0.3, -0.25) is 0 Å². The van der Waals surface area contributed by atoms with Gasteiger partial charge in [0.1, 0.15) is 10.8 Å². The number of benzene rings is 1. The molecular weight excluding hydrogens is 247 g/mol. The zero-order chi connectivity index (χ0) is 12.8. The molecule has 0 unspecified atom stereocenters. The fraction of sp³-hybridized carbons (Fsp3) is 0.500. The molecule has 1 aromatic rings. The van der Waals surface area contributed by atoms with E-state index < -0.39 is 0 Å². The van der Waals surface area contributed by atoms with Gasteiger partial charge in [-0.15, -0.1) is 0 Å². The van der Waals surface area contributed by atoms with Crippen LogP contribution in [-0.4, -0.2) is 11.5 Å². The maximum atomic E-state index is 13.2. The van der Waals surface area contributed by atoms with Gasteiger partial charge in [0.15, 0.2) is 0 Å². The van der Waals surface area contributed by atoms with Gasteiger partial charge in [0.05, 0.1) is 0 Å². The summed E-state index contributed by atoms with van der Waals surface area (Å²) in [5, 5.41) is 3.41. The summed E-state index contributed by atoms with van der Waals surface area (Å²) < 4.78 is 13.2. The Morgan fingerprint density at radius 2 is 2.17 bits per heavy atom. The molecule has 2 aliphatic carbocycles. The van der Waals surface area contributed by atoms with Crippen LogP contribution in [0.25, 0.3) is 0 Å². The Labute approximate surface area is 112 Å². The van der Waals surface area contributed by atoms with E-state index in [1.54, 1.807) is 6.07 Å². The first-order valence-electron chi connectivity index (χ1n) is 6.44. The van der Waals surface area contributed by atoms with E-state index in [-0.39, 0.29) is 10.8 Å². The van der Waals surface area contributed by atoms with Gasteiger partial charge < -0.3 is 11.1 Å². The van der Waals surface area contributed by atoms with E-state index >= 15 is 0 Å². The van der Waals surface area contributed by atoms with Crippen LogP contribution in [0.3, 0.4) is 0 Å². The number of nitrogens with one attached hydrogen (secondary N) is 1. The molecule has 2 nitrogen and oxygen atoms in total. The summed E-state index contributed by atoms with van der Waals surface area (Å²) in [5.41, 5.74) is 7.60. The summed E-state index contributed by atoms with van der Waals surface area (Å²) >= 11 is 4.97. The van der Waals surface area contributed by atoms with Crippen molar-refractivity contribution in [1.29, 1.82) is 0 Å². The predicted molar refractivity (Wildman–Crippen MR) is 75.2 cm³/mol. The zero-order valence-electron chi connectivity index (χ0n) is 10.2. The van der Waals surface area contributed by atoms with Gasteiger partial charge in [0, 0.05) is 17.8 Å². The largest absolute Gasteiger partial charge is 0.389 e.